The molecule has 6 aliphatic rings. The van der Waals surface area contributed by atoms with Crippen LogP contribution in [0.15, 0.2) is 18.2 Å². The third-order valence-corrected chi connectivity index (χ3v) is 9.99. The van der Waals surface area contributed by atoms with E-state index in [4.69, 9.17) is 35.6 Å². The fraction of sp³-hybridized carbons (Fsp3) is 0.769. The highest BCUT2D eigenvalue weighted by Gasteiger charge is 2.76. The molecule has 1 aromatic rings. The number of rotatable bonds is 5. The van der Waals surface area contributed by atoms with Crippen LogP contribution in [0.1, 0.15) is 43.2 Å². The molecular weight excluding hydrogens is 492 g/mol. The average Bonchev–Trinajstić information content (AvgIpc) is 3.05. The maximum absolute atomic E-state index is 10.5. The lowest BCUT2D eigenvalue weighted by Gasteiger charge is -2.65. The van der Waals surface area contributed by atoms with Gasteiger partial charge in [0.2, 0.25) is 6.29 Å². The Morgan fingerprint density at radius 2 is 1.72 bits per heavy atom. The molecule has 1 spiro atoms. The summed E-state index contributed by atoms with van der Waals surface area (Å²) in [6.45, 7) is 1.32. The van der Waals surface area contributed by atoms with E-state index in [1.807, 2.05) is 19.1 Å². The lowest BCUT2D eigenvalue weighted by molar-refractivity contribution is -0.643. The van der Waals surface area contributed by atoms with Crippen molar-refractivity contribution in [3.05, 3.63) is 29.3 Å². The minimum absolute atomic E-state index is 0.207. The van der Waals surface area contributed by atoms with Crippen molar-refractivity contribution >= 4 is 11.6 Å². The van der Waals surface area contributed by atoms with Gasteiger partial charge in [-0.05, 0) is 74.3 Å². The topological polar surface area (TPSA) is 127 Å². The number of alkyl halides is 1. The monoisotopic (exact) mass is 526 g/mol. The maximum atomic E-state index is 10.5. The van der Waals surface area contributed by atoms with Crippen LogP contribution in [0, 0.1) is 30.6 Å². The van der Waals surface area contributed by atoms with Crippen molar-refractivity contribution < 1.29 is 44.4 Å². The second kappa shape index (κ2) is 9.03. The molecule has 200 valence electrons. The van der Waals surface area contributed by atoms with Gasteiger partial charge in [0.25, 0.3) is 5.79 Å². The Balaban J connectivity index is 1.32. The summed E-state index contributed by atoms with van der Waals surface area (Å²) in [5.41, 5.74) is 0.879. The summed E-state index contributed by atoms with van der Waals surface area (Å²) in [5, 5.41) is 40.5. The molecule has 10 heteroatoms. The van der Waals surface area contributed by atoms with Crippen LogP contribution in [0.2, 0.25) is 0 Å². The summed E-state index contributed by atoms with van der Waals surface area (Å²) in [6.07, 6.45) is -1.75. The predicted molar refractivity (Wildman–Crippen MR) is 126 cm³/mol. The molecule has 0 amide bonds. The van der Waals surface area contributed by atoms with Gasteiger partial charge in [-0.25, -0.2) is 4.89 Å². The number of aliphatic hydroxyl groups excluding tert-OH is 4. The Hall–Kier alpha value is -1.01. The van der Waals surface area contributed by atoms with Gasteiger partial charge in [-0.2, -0.15) is 4.89 Å². The van der Waals surface area contributed by atoms with Crippen LogP contribution in [0.5, 0.6) is 5.75 Å². The molecule has 6 fully saturated rings. The molecule has 9 atom stereocenters. The van der Waals surface area contributed by atoms with Crippen LogP contribution < -0.4 is 4.74 Å². The quantitative estimate of drug-likeness (QED) is 0.335. The fourth-order valence-electron chi connectivity index (χ4n) is 7.65. The zero-order chi connectivity index (χ0) is 25.4. The molecule has 4 aliphatic carbocycles. The number of aliphatic hydroxyl groups is 4. The van der Waals surface area contributed by atoms with Crippen molar-refractivity contribution in [1.29, 1.82) is 0 Å². The molecule has 2 aliphatic heterocycles. The minimum Gasteiger partial charge on any atom is -0.462 e. The molecule has 9 nitrogen and oxygen atoms in total. The number of ether oxygens (including phenoxy) is 3. The van der Waals surface area contributed by atoms with Gasteiger partial charge in [0.05, 0.1) is 6.61 Å². The van der Waals surface area contributed by atoms with E-state index in [9.17, 15) is 20.4 Å². The SMILES string of the molecule is COC1(c2ccc(C)c(OC3OC(CO)C(O)C(O)C3O)c2)OOC12C1CC3CC(Cl)C(C1)CC2C3. The zero-order valence-corrected chi connectivity index (χ0v) is 21.2. The summed E-state index contributed by atoms with van der Waals surface area (Å²) in [7, 11) is 1.63. The molecule has 0 radical (unpaired) electrons. The normalized spacial score (nSPS) is 49.6. The highest BCUT2D eigenvalue weighted by atomic mass is 35.5. The molecule has 1 aromatic carbocycles. The van der Waals surface area contributed by atoms with Crippen LogP contribution in [-0.2, 0) is 25.0 Å². The van der Waals surface area contributed by atoms with Gasteiger partial charge in [0.1, 0.15) is 30.2 Å². The Morgan fingerprint density at radius 3 is 2.33 bits per heavy atom. The van der Waals surface area contributed by atoms with Crippen molar-refractivity contribution in [3.8, 4) is 5.75 Å². The number of fused-ring (bicyclic) bond motifs is 1. The first-order valence-electron chi connectivity index (χ1n) is 12.9. The van der Waals surface area contributed by atoms with E-state index < -0.39 is 48.7 Å². The second-order valence-electron chi connectivity index (χ2n) is 11.3. The number of benzene rings is 1. The van der Waals surface area contributed by atoms with Gasteiger partial charge in [-0.3, -0.25) is 0 Å². The molecule has 0 aromatic heterocycles. The summed E-state index contributed by atoms with van der Waals surface area (Å²) >= 11 is 6.77. The van der Waals surface area contributed by atoms with E-state index in [0.29, 0.717) is 17.6 Å². The van der Waals surface area contributed by atoms with Crippen LogP contribution in [0.25, 0.3) is 0 Å². The summed E-state index contributed by atoms with van der Waals surface area (Å²) < 4.78 is 17.7. The molecule has 4 N–H and O–H groups in total. The summed E-state index contributed by atoms with van der Waals surface area (Å²) in [6, 6.07) is 5.61. The Bertz CT molecular complexity index is 970. The standard InChI is InChI=1S/C26H35ClO9/c1-12-3-4-15(10-19(12)33-24-23(31)22(30)21(29)20(11-28)34-24)26(32-2)25(35-36-26)16-5-13-6-17(25)9-14(8-16)18(27)7-13/h3-4,10,13-14,16-18,20-24,28-31H,5-9,11H2,1-2H3. The van der Waals surface area contributed by atoms with Crippen LogP contribution >= 0.6 is 11.6 Å². The smallest absolute Gasteiger partial charge is 0.260 e. The lowest BCUT2D eigenvalue weighted by Crippen LogP contribution is -2.75. The van der Waals surface area contributed by atoms with Gasteiger partial charge in [0, 0.05) is 18.1 Å². The third-order valence-electron chi connectivity index (χ3n) is 9.45. The van der Waals surface area contributed by atoms with Gasteiger partial charge in [-0.1, -0.05) is 12.1 Å². The van der Waals surface area contributed by atoms with E-state index in [2.05, 4.69) is 0 Å². The van der Waals surface area contributed by atoms with Crippen molar-refractivity contribution in [3.63, 3.8) is 0 Å². The van der Waals surface area contributed by atoms with Crippen LogP contribution in [0.3, 0.4) is 0 Å². The highest BCUT2D eigenvalue weighted by Crippen LogP contribution is 2.68. The number of hydrogen-bond acceptors (Lipinski definition) is 9. The average molecular weight is 527 g/mol. The van der Waals surface area contributed by atoms with E-state index in [1.165, 1.54) is 0 Å². The van der Waals surface area contributed by atoms with Crippen molar-refractivity contribution in [2.45, 2.75) is 86.5 Å². The molecule has 7 rings (SSSR count). The molecular formula is C26H35ClO9. The zero-order valence-electron chi connectivity index (χ0n) is 20.5. The van der Waals surface area contributed by atoms with E-state index >= 15 is 0 Å². The van der Waals surface area contributed by atoms with Crippen molar-refractivity contribution in [2.75, 3.05) is 13.7 Å². The van der Waals surface area contributed by atoms with Gasteiger partial charge < -0.3 is 34.6 Å². The summed E-state index contributed by atoms with van der Waals surface area (Å²) in [5.74, 6) is 0.859. The van der Waals surface area contributed by atoms with Crippen LogP contribution in [0.4, 0.5) is 0 Å². The Kier molecular flexibility index (Phi) is 6.34. The highest BCUT2D eigenvalue weighted by molar-refractivity contribution is 6.20. The molecule has 4 bridgehead atoms. The first-order valence-corrected chi connectivity index (χ1v) is 13.3. The van der Waals surface area contributed by atoms with Crippen LogP contribution in [-0.4, -0.2) is 75.8 Å². The molecule has 4 saturated carbocycles. The molecule has 2 heterocycles. The number of methoxy groups -OCH3 is 1. The van der Waals surface area contributed by atoms with E-state index in [1.54, 1.807) is 13.2 Å². The first kappa shape index (κ1) is 25.3. The summed E-state index contributed by atoms with van der Waals surface area (Å²) in [4.78, 5) is 12.0. The largest absolute Gasteiger partial charge is 0.462 e. The number of aryl methyl sites for hydroxylation is 1. The number of halogens is 1. The maximum Gasteiger partial charge on any atom is 0.260 e. The van der Waals surface area contributed by atoms with Gasteiger partial charge in [0.15, 0.2) is 5.60 Å². The Labute approximate surface area is 215 Å². The minimum atomic E-state index is -1.52. The lowest BCUT2D eigenvalue weighted by atomic mass is 9.53. The van der Waals surface area contributed by atoms with Gasteiger partial charge >= 0.3 is 0 Å². The van der Waals surface area contributed by atoms with E-state index in [-0.39, 0.29) is 17.2 Å². The predicted octanol–water partition coefficient (Wildman–Crippen LogP) is 1.74. The molecule has 2 saturated heterocycles. The fourth-order valence-corrected chi connectivity index (χ4v) is 8.10. The van der Waals surface area contributed by atoms with Crippen molar-refractivity contribution in [2.24, 2.45) is 23.7 Å². The number of hydrogen-bond donors (Lipinski definition) is 4. The van der Waals surface area contributed by atoms with Crippen molar-refractivity contribution in [1.82, 2.24) is 0 Å². The van der Waals surface area contributed by atoms with Gasteiger partial charge in [-0.15, -0.1) is 11.6 Å². The second-order valence-corrected chi connectivity index (χ2v) is 11.9. The van der Waals surface area contributed by atoms with E-state index in [0.717, 1.165) is 43.2 Å². The molecule has 9 unspecified atom stereocenters. The first-order chi connectivity index (χ1) is 17.2. The Morgan fingerprint density at radius 1 is 1.00 bits per heavy atom. The third kappa shape index (κ3) is 3.45. The molecule has 36 heavy (non-hydrogen) atoms.